The lowest BCUT2D eigenvalue weighted by molar-refractivity contribution is 0.0740. The maximum atomic E-state index is 13.0. The van der Waals surface area contributed by atoms with Crippen LogP contribution >= 0.6 is 7.75 Å². The SMILES string of the molecule is NCCCNP(=O)(OC1CCCCC1)OC1CCCCC1. The van der Waals surface area contributed by atoms with E-state index in [1.807, 2.05) is 0 Å². The number of rotatable bonds is 8. The van der Waals surface area contributed by atoms with E-state index in [4.69, 9.17) is 14.8 Å². The predicted molar refractivity (Wildman–Crippen MR) is 85.2 cm³/mol. The van der Waals surface area contributed by atoms with Crippen molar-refractivity contribution in [3.05, 3.63) is 0 Å². The highest BCUT2D eigenvalue weighted by atomic mass is 31.2. The van der Waals surface area contributed by atoms with Crippen molar-refractivity contribution < 1.29 is 13.6 Å². The summed E-state index contributed by atoms with van der Waals surface area (Å²) in [5.74, 6) is 0. The molecule has 0 unspecified atom stereocenters. The molecule has 0 aromatic heterocycles. The minimum absolute atomic E-state index is 0.0820. The van der Waals surface area contributed by atoms with E-state index in [2.05, 4.69) is 5.09 Å². The molecule has 0 amide bonds. The Balaban J connectivity index is 1.89. The molecule has 0 bridgehead atoms. The van der Waals surface area contributed by atoms with Crippen molar-refractivity contribution in [2.75, 3.05) is 13.1 Å². The molecule has 0 spiro atoms. The van der Waals surface area contributed by atoms with E-state index in [-0.39, 0.29) is 12.2 Å². The summed E-state index contributed by atoms with van der Waals surface area (Å²) in [6, 6.07) is 0. The number of nitrogens with two attached hydrogens (primary N) is 1. The fourth-order valence-corrected chi connectivity index (χ4v) is 4.99. The van der Waals surface area contributed by atoms with Crippen LogP contribution in [-0.2, 0) is 13.6 Å². The Bertz CT molecular complexity index is 305. The summed E-state index contributed by atoms with van der Waals surface area (Å²) in [6.45, 7) is 1.17. The van der Waals surface area contributed by atoms with Crippen molar-refractivity contribution in [3.63, 3.8) is 0 Å². The largest absolute Gasteiger partial charge is 0.406 e. The van der Waals surface area contributed by atoms with Gasteiger partial charge in [-0.15, -0.1) is 0 Å². The van der Waals surface area contributed by atoms with E-state index in [0.717, 1.165) is 57.8 Å². The van der Waals surface area contributed by atoms with E-state index in [1.54, 1.807) is 0 Å². The second kappa shape index (κ2) is 9.26. The van der Waals surface area contributed by atoms with E-state index in [0.29, 0.717) is 13.1 Å². The fourth-order valence-electron chi connectivity index (χ4n) is 3.15. The Morgan fingerprint density at radius 3 is 1.81 bits per heavy atom. The normalized spacial score (nSPS) is 22.5. The summed E-state index contributed by atoms with van der Waals surface area (Å²) in [7, 11) is -3.19. The predicted octanol–water partition coefficient (Wildman–Crippen LogP) is 3.73. The topological polar surface area (TPSA) is 73.6 Å². The van der Waals surface area contributed by atoms with Gasteiger partial charge in [0.25, 0.3) is 0 Å². The molecular weight excluding hydrogens is 287 g/mol. The van der Waals surface area contributed by atoms with Gasteiger partial charge in [0.15, 0.2) is 0 Å². The average Bonchev–Trinajstić information content (AvgIpc) is 2.49. The van der Waals surface area contributed by atoms with E-state index >= 15 is 0 Å². The third-order valence-corrected chi connectivity index (χ3v) is 6.13. The first-order valence-corrected chi connectivity index (χ1v) is 10.2. The lowest BCUT2D eigenvalue weighted by Gasteiger charge is -2.31. The lowest BCUT2D eigenvalue weighted by Crippen LogP contribution is -2.27. The molecule has 2 aliphatic carbocycles. The quantitative estimate of drug-likeness (QED) is 0.527. The Hall–Kier alpha value is 0.0700. The van der Waals surface area contributed by atoms with Crippen LogP contribution in [0.4, 0.5) is 0 Å². The van der Waals surface area contributed by atoms with Crippen LogP contribution in [0.1, 0.15) is 70.6 Å². The molecule has 2 fully saturated rings. The second-order valence-electron chi connectivity index (χ2n) is 6.28. The highest BCUT2D eigenvalue weighted by Gasteiger charge is 2.33. The van der Waals surface area contributed by atoms with Crippen molar-refractivity contribution in [2.24, 2.45) is 5.73 Å². The Labute approximate surface area is 128 Å². The fraction of sp³-hybridized carbons (Fsp3) is 1.00. The molecule has 0 aromatic rings. The highest BCUT2D eigenvalue weighted by Crippen LogP contribution is 2.49. The molecule has 0 aromatic carbocycles. The summed E-state index contributed by atoms with van der Waals surface area (Å²) < 4.78 is 24.8. The van der Waals surface area contributed by atoms with Gasteiger partial charge in [-0.1, -0.05) is 38.5 Å². The van der Waals surface area contributed by atoms with Gasteiger partial charge in [-0.05, 0) is 38.6 Å². The van der Waals surface area contributed by atoms with Gasteiger partial charge in [0.05, 0.1) is 12.2 Å². The van der Waals surface area contributed by atoms with E-state index < -0.39 is 7.75 Å². The molecule has 2 saturated carbocycles. The second-order valence-corrected chi connectivity index (χ2v) is 8.01. The Kier molecular flexibility index (Phi) is 7.69. The summed E-state index contributed by atoms with van der Waals surface area (Å²) in [5, 5.41) is 3.02. The third kappa shape index (κ3) is 6.37. The standard InChI is InChI=1S/C15H31N2O3P/c16-12-7-13-17-21(18,19-14-8-3-1-4-9-14)20-15-10-5-2-6-11-15/h14-15H,1-13,16H2,(H,17,18). The lowest BCUT2D eigenvalue weighted by atomic mass is 9.98. The maximum absolute atomic E-state index is 13.0. The highest BCUT2D eigenvalue weighted by molar-refractivity contribution is 7.51. The van der Waals surface area contributed by atoms with E-state index in [1.165, 1.54) is 12.8 Å². The Morgan fingerprint density at radius 2 is 1.38 bits per heavy atom. The molecule has 0 aliphatic heterocycles. The van der Waals surface area contributed by atoms with Crippen molar-refractivity contribution >= 4 is 7.75 Å². The van der Waals surface area contributed by atoms with Crippen LogP contribution < -0.4 is 10.8 Å². The number of hydrogen-bond donors (Lipinski definition) is 2. The molecular formula is C15H31N2O3P. The maximum Gasteiger partial charge on any atom is 0.406 e. The van der Waals surface area contributed by atoms with Gasteiger partial charge in [-0.25, -0.2) is 9.65 Å². The molecule has 3 N–H and O–H groups in total. The van der Waals surface area contributed by atoms with Crippen LogP contribution in [0.3, 0.4) is 0 Å². The molecule has 0 saturated heterocycles. The summed E-state index contributed by atoms with van der Waals surface area (Å²) >= 11 is 0. The first-order chi connectivity index (χ1) is 10.2. The van der Waals surface area contributed by atoms with Crippen LogP contribution in [-0.4, -0.2) is 25.3 Å². The molecule has 21 heavy (non-hydrogen) atoms. The van der Waals surface area contributed by atoms with Crippen LogP contribution in [0.2, 0.25) is 0 Å². The van der Waals surface area contributed by atoms with Gasteiger partial charge in [-0.3, -0.25) is 9.05 Å². The number of hydrogen-bond acceptors (Lipinski definition) is 4. The van der Waals surface area contributed by atoms with Crippen molar-refractivity contribution in [1.82, 2.24) is 5.09 Å². The summed E-state index contributed by atoms with van der Waals surface area (Å²) in [6.07, 6.45) is 12.1. The molecule has 5 nitrogen and oxygen atoms in total. The molecule has 0 heterocycles. The van der Waals surface area contributed by atoms with Gasteiger partial charge < -0.3 is 5.73 Å². The van der Waals surface area contributed by atoms with Gasteiger partial charge >= 0.3 is 7.75 Å². The molecule has 124 valence electrons. The zero-order chi connectivity index (χ0) is 15.0. The minimum atomic E-state index is -3.19. The zero-order valence-corrected chi connectivity index (χ0v) is 14.0. The van der Waals surface area contributed by atoms with Crippen LogP contribution in [0.25, 0.3) is 0 Å². The molecule has 6 heteroatoms. The summed E-state index contributed by atoms with van der Waals surface area (Å²) in [5.41, 5.74) is 5.52. The first kappa shape index (κ1) is 17.4. The van der Waals surface area contributed by atoms with Gasteiger partial charge in [0.1, 0.15) is 0 Å². The van der Waals surface area contributed by atoms with Gasteiger partial charge in [0, 0.05) is 6.54 Å². The first-order valence-electron chi connectivity index (χ1n) is 8.64. The zero-order valence-electron chi connectivity index (χ0n) is 13.1. The summed E-state index contributed by atoms with van der Waals surface area (Å²) in [4.78, 5) is 0. The van der Waals surface area contributed by atoms with Crippen molar-refractivity contribution in [3.8, 4) is 0 Å². The van der Waals surface area contributed by atoms with Gasteiger partial charge in [-0.2, -0.15) is 0 Å². The van der Waals surface area contributed by atoms with Gasteiger partial charge in [0.2, 0.25) is 0 Å². The molecule has 2 aliphatic rings. The van der Waals surface area contributed by atoms with Crippen LogP contribution in [0.5, 0.6) is 0 Å². The third-order valence-electron chi connectivity index (χ3n) is 4.37. The monoisotopic (exact) mass is 318 g/mol. The van der Waals surface area contributed by atoms with E-state index in [9.17, 15) is 4.57 Å². The average molecular weight is 318 g/mol. The smallest absolute Gasteiger partial charge is 0.330 e. The Morgan fingerprint density at radius 1 is 0.905 bits per heavy atom. The van der Waals surface area contributed by atoms with Crippen molar-refractivity contribution in [2.45, 2.75) is 82.8 Å². The minimum Gasteiger partial charge on any atom is -0.330 e. The van der Waals surface area contributed by atoms with Crippen molar-refractivity contribution in [1.29, 1.82) is 0 Å². The number of nitrogens with one attached hydrogen (secondary N) is 1. The molecule has 2 rings (SSSR count). The molecule has 0 atom stereocenters. The molecule has 0 radical (unpaired) electrons. The van der Waals surface area contributed by atoms with Crippen LogP contribution in [0, 0.1) is 0 Å². The van der Waals surface area contributed by atoms with Crippen LogP contribution in [0.15, 0.2) is 0 Å².